The molecule has 1 heterocycles. The van der Waals surface area contributed by atoms with E-state index in [-0.39, 0.29) is 6.42 Å². The number of methoxy groups -OCH3 is 1. The third-order valence-corrected chi connectivity index (χ3v) is 7.23. The molecule has 1 unspecified atom stereocenters. The van der Waals surface area contributed by atoms with E-state index in [0.717, 1.165) is 5.56 Å². The zero-order chi connectivity index (χ0) is 28.7. The lowest BCUT2D eigenvalue weighted by atomic mass is 10.0. The second-order valence-electron chi connectivity index (χ2n) is 9.74. The van der Waals surface area contributed by atoms with Gasteiger partial charge in [-0.15, -0.1) is 0 Å². The molecule has 0 aromatic heterocycles. The zero-order valence-electron chi connectivity index (χ0n) is 22.0. The Labute approximate surface area is 221 Å². The lowest BCUT2D eigenvalue weighted by molar-refractivity contribution is -0.141. The van der Waals surface area contributed by atoms with Gasteiger partial charge in [-0.05, 0) is 33.3 Å². The molecule has 14 heteroatoms. The van der Waals surface area contributed by atoms with Crippen LogP contribution < -0.4 is 16.0 Å². The van der Waals surface area contributed by atoms with Crippen LogP contribution in [-0.2, 0) is 45.1 Å². The number of alkyl carbamates (subject to hydrolysis) is 1. The highest BCUT2D eigenvalue weighted by molar-refractivity contribution is 7.91. The predicted molar refractivity (Wildman–Crippen MR) is 135 cm³/mol. The fourth-order valence-electron chi connectivity index (χ4n) is 3.61. The van der Waals surface area contributed by atoms with Gasteiger partial charge in [-0.1, -0.05) is 30.3 Å². The summed E-state index contributed by atoms with van der Waals surface area (Å²) in [5.74, 6) is -3.37. The number of hydrogen-bond donors (Lipinski definition) is 3. The number of benzene rings is 1. The number of ether oxygens (including phenoxy) is 2. The maximum atomic E-state index is 12.8. The number of esters is 1. The number of hydrogen-bond acceptors (Lipinski definition) is 9. The monoisotopic (exact) mass is 554 g/mol. The van der Waals surface area contributed by atoms with Crippen molar-refractivity contribution in [1.82, 2.24) is 20.3 Å². The molecule has 0 radical (unpaired) electrons. The van der Waals surface area contributed by atoms with E-state index in [4.69, 9.17) is 4.74 Å². The minimum absolute atomic E-state index is 0.0992. The summed E-state index contributed by atoms with van der Waals surface area (Å²) >= 11 is 0. The van der Waals surface area contributed by atoms with Gasteiger partial charge in [-0.2, -0.15) is 0 Å². The largest absolute Gasteiger partial charge is 0.468 e. The molecular weight excluding hydrogens is 520 g/mol. The van der Waals surface area contributed by atoms with Crippen molar-refractivity contribution in [1.29, 1.82) is 0 Å². The Hall–Kier alpha value is -3.68. The summed E-state index contributed by atoms with van der Waals surface area (Å²) in [5, 5.41) is 7.23. The quantitative estimate of drug-likeness (QED) is 0.332. The molecule has 3 N–H and O–H groups in total. The molecule has 1 fully saturated rings. The topological polar surface area (TPSA) is 177 Å². The molecule has 3 atom stereocenters. The van der Waals surface area contributed by atoms with Crippen molar-refractivity contribution < 1.29 is 41.9 Å². The van der Waals surface area contributed by atoms with Gasteiger partial charge in [0.25, 0.3) is 5.91 Å². The molecule has 1 aromatic rings. The molecule has 13 nitrogen and oxygen atoms in total. The van der Waals surface area contributed by atoms with Crippen LogP contribution >= 0.6 is 0 Å². The van der Waals surface area contributed by atoms with Crippen molar-refractivity contribution in [2.24, 2.45) is 0 Å². The third-order valence-electron chi connectivity index (χ3n) is 5.35. The van der Waals surface area contributed by atoms with Crippen LogP contribution in [0.15, 0.2) is 30.3 Å². The van der Waals surface area contributed by atoms with E-state index in [1.165, 1.54) is 14.0 Å². The summed E-state index contributed by atoms with van der Waals surface area (Å²) in [7, 11) is -2.80. The van der Waals surface area contributed by atoms with E-state index < -0.39 is 82.3 Å². The van der Waals surface area contributed by atoms with Gasteiger partial charge in [-0.25, -0.2) is 17.5 Å². The molecule has 0 spiro atoms. The van der Waals surface area contributed by atoms with Gasteiger partial charge < -0.3 is 25.4 Å². The molecule has 38 heavy (non-hydrogen) atoms. The lowest BCUT2D eigenvalue weighted by Gasteiger charge is -2.40. The van der Waals surface area contributed by atoms with Crippen molar-refractivity contribution in [2.45, 2.75) is 64.3 Å². The van der Waals surface area contributed by atoms with Crippen molar-refractivity contribution >= 4 is 39.8 Å². The summed E-state index contributed by atoms with van der Waals surface area (Å²) in [6.45, 7) is 5.80. The molecule has 1 saturated heterocycles. The van der Waals surface area contributed by atoms with Crippen LogP contribution in [0.2, 0.25) is 0 Å². The fourth-order valence-corrected chi connectivity index (χ4v) is 5.30. The molecular formula is C24H34N4O9S. The molecule has 1 aromatic carbocycles. The highest BCUT2D eigenvalue weighted by Crippen LogP contribution is 2.26. The van der Waals surface area contributed by atoms with Gasteiger partial charge in [0.05, 0.1) is 18.9 Å². The Morgan fingerprint density at radius 1 is 1.08 bits per heavy atom. The summed E-state index contributed by atoms with van der Waals surface area (Å²) in [6.07, 6.45) is -1.20. The first-order valence-electron chi connectivity index (χ1n) is 11.9. The molecule has 2 rings (SSSR count). The summed E-state index contributed by atoms with van der Waals surface area (Å²) in [5.41, 5.74) is -0.0912. The van der Waals surface area contributed by atoms with Crippen LogP contribution in [0.1, 0.15) is 39.7 Å². The lowest BCUT2D eigenvalue weighted by Crippen LogP contribution is -2.64. The highest BCUT2D eigenvalue weighted by Gasteiger charge is 2.49. The first-order valence-corrected chi connectivity index (χ1v) is 13.5. The first-order chi connectivity index (χ1) is 17.6. The number of carbonyl (C=O) groups is 5. The normalized spacial score (nSPS) is 17.7. The van der Waals surface area contributed by atoms with E-state index in [1.54, 1.807) is 51.1 Å². The molecule has 0 aliphatic carbocycles. The van der Waals surface area contributed by atoms with Gasteiger partial charge >= 0.3 is 12.1 Å². The Morgan fingerprint density at radius 2 is 1.71 bits per heavy atom. The number of sulfonamides is 1. The van der Waals surface area contributed by atoms with Crippen molar-refractivity contribution in [3.8, 4) is 0 Å². The van der Waals surface area contributed by atoms with E-state index in [1.807, 2.05) is 0 Å². The maximum Gasteiger partial charge on any atom is 0.408 e. The van der Waals surface area contributed by atoms with Crippen LogP contribution in [0.25, 0.3) is 0 Å². The summed E-state index contributed by atoms with van der Waals surface area (Å²) < 4.78 is 34.8. The van der Waals surface area contributed by atoms with Crippen molar-refractivity contribution in [2.75, 3.05) is 19.4 Å². The summed E-state index contributed by atoms with van der Waals surface area (Å²) in [6, 6.07) is 5.51. The maximum absolute atomic E-state index is 12.8. The Morgan fingerprint density at radius 3 is 2.26 bits per heavy atom. The van der Waals surface area contributed by atoms with Gasteiger partial charge in [0.15, 0.2) is 0 Å². The van der Waals surface area contributed by atoms with Crippen LogP contribution in [0, 0.1) is 0 Å². The number of carbonyl (C=O) groups excluding carboxylic acids is 5. The van der Waals surface area contributed by atoms with Crippen LogP contribution in [-0.4, -0.2) is 85.6 Å². The Bertz CT molecular complexity index is 1150. The van der Waals surface area contributed by atoms with Gasteiger partial charge in [0.2, 0.25) is 21.8 Å². The zero-order valence-corrected chi connectivity index (χ0v) is 22.8. The van der Waals surface area contributed by atoms with Gasteiger partial charge in [0.1, 0.15) is 24.2 Å². The van der Waals surface area contributed by atoms with Crippen molar-refractivity contribution in [3.05, 3.63) is 35.9 Å². The minimum Gasteiger partial charge on any atom is -0.468 e. The average molecular weight is 555 g/mol. The molecule has 1 aliphatic heterocycles. The number of nitrogens with zero attached hydrogens (tertiary/aromatic N) is 1. The van der Waals surface area contributed by atoms with Gasteiger partial charge in [0, 0.05) is 12.8 Å². The fraction of sp³-hybridized carbons (Fsp3) is 0.542. The van der Waals surface area contributed by atoms with E-state index in [9.17, 15) is 32.4 Å². The predicted octanol–water partition coefficient (Wildman–Crippen LogP) is -0.153. The van der Waals surface area contributed by atoms with Crippen LogP contribution in [0.5, 0.6) is 0 Å². The third kappa shape index (κ3) is 9.01. The number of amides is 4. The molecule has 0 bridgehead atoms. The van der Waals surface area contributed by atoms with E-state index in [0.29, 0.717) is 4.31 Å². The SMILES string of the molecule is COC(=O)CNC(=O)[C@H](Cc1ccccc1)NC(=O)CC1CS(=O)(=O)N1C(=O)[C@H](C)NC(=O)OC(C)(C)C. The molecule has 0 saturated carbocycles. The average Bonchev–Trinajstić information content (AvgIpc) is 2.80. The van der Waals surface area contributed by atoms with Crippen molar-refractivity contribution in [3.63, 3.8) is 0 Å². The standard InChI is InChI=1S/C24H34N4O9S/c1-15(26-23(33)37-24(2,3)4)22(32)28-17(14-38(28,34)35)12-19(29)27-18(11-16-9-7-6-8-10-16)21(31)25-13-20(30)36-5/h6-10,15,17-18H,11-14H2,1-5H3,(H,25,31)(H,26,33)(H,27,29)/t15-,17?,18-/m0/s1. The number of nitrogens with one attached hydrogen (secondary N) is 3. The van der Waals surface area contributed by atoms with E-state index in [2.05, 4.69) is 20.7 Å². The smallest absolute Gasteiger partial charge is 0.408 e. The first kappa shape index (κ1) is 30.5. The molecule has 210 valence electrons. The minimum atomic E-state index is -3.97. The second kappa shape index (κ2) is 12.7. The Balaban J connectivity index is 2.07. The molecule has 1 aliphatic rings. The van der Waals surface area contributed by atoms with Crippen LogP contribution in [0.4, 0.5) is 4.79 Å². The number of rotatable bonds is 10. The summed E-state index contributed by atoms with van der Waals surface area (Å²) in [4.78, 5) is 61.7. The van der Waals surface area contributed by atoms with Gasteiger partial charge in [-0.3, -0.25) is 19.2 Å². The van der Waals surface area contributed by atoms with E-state index >= 15 is 0 Å². The molecule has 4 amide bonds. The highest BCUT2D eigenvalue weighted by atomic mass is 32.2. The Kier molecular flexibility index (Phi) is 10.2. The second-order valence-corrected chi connectivity index (χ2v) is 11.6. The van der Waals surface area contributed by atoms with Crippen LogP contribution in [0.3, 0.4) is 0 Å².